The van der Waals surface area contributed by atoms with E-state index >= 15 is 0 Å². The number of nitrogens with one attached hydrogen (secondary N) is 1. The van der Waals surface area contributed by atoms with Gasteiger partial charge in [-0.15, -0.1) is 0 Å². The molecule has 1 heterocycles. The molecule has 4 nitrogen and oxygen atoms in total. The van der Waals surface area contributed by atoms with Crippen LogP contribution < -0.4 is 5.32 Å². The van der Waals surface area contributed by atoms with Crippen molar-refractivity contribution in [2.75, 3.05) is 5.32 Å². The van der Waals surface area contributed by atoms with Crippen molar-refractivity contribution in [2.24, 2.45) is 0 Å². The van der Waals surface area contributed by atoms with E-state index < -0.39 is 6.04 Å². The molecule has 118 valence electrons. The highest BCUT2D eigenvalue weighted by atomic mass is 35.5. The smallest absolute Gasteiger partial charge is 0.252 e. The number of likely N-dealkylation sites (tertiary alicyclic amines) is 1. The summed E-state index contributed by atoms with van der Waals surface area (Å²) in [6.07, 6.45) is 0.181. The fraction of sp³-hybridized carbons (Fsp3) is 0.222. The summed E-state index contributed by atoms with van der Waals surface area (Å²) in [5.74, 6) is -0.347. The third kappa shape index (κ3) is 3.54. The molecule has 1 N–H and O–H groups in total. The second kappa shape index (κ2) is 6.42. The number of imide groups is 1. The fourth-order valence-corrected chi connectivity index (χ4v) is 2.71. The Bertz CT molecular complexity index is 726. The number of hydrogen-bond acceptors (Lipinski definition) is 3. The summed E-state index contributed by atoms with van der Waals surface area (Å²) in [6.45, 7) is 2.28. The van der Waals surface area contributed by atoms with Gasteiger partial charge in [0.1, 0.15) is 6.04 Å². The lowest BCUT2D eigenvalue weighted by Gasteiger charge is -2.16. The molecule has 2 aromatic rings. The third-order valence-electron chi connectivity index (χ3n) is 3.89. The van der Waals surface area contributed by atoms with Crippen LogP contribution in [0.15, 0.2) is 48.5 Å². The quantitative estimate of drug-likeness (QED) is 0.875. The summed E-state index contributed by atoms with van der Waals surface area (Å²) < 4.78 is 0. The topological polar surface area (TPSA) is 49.4 Å². The second-order valence-corrected chi connectivity index (χ2v) is 6.15. The van der Waals surface area contributed by atoms with E-state index in [9.17, 15) is 9.59 Å². The molecule has 0 spiro atoms. The highest BCUT2D eigenvalue weighted by Gasteiger charge is 2.38. The molecule has 1 aliphatic heterocycles. The maximum absolute atomic E-state index is 12.5. The van der Waals surface area contributed by atoms with Crippen molar-refractivity contribution < 1.29 is 9.59 Å². The monoisotopic (exact) mass is 328 g/mol. The highest BCUT2D eigenvalue weighted by Crippen LogP contribution is 2.21. The molecule has 0 radical (unpaired) electrons. The molecule has 2 aromatic carbocycles. The van der Waals surface area contributed by atoms with Crippen LogP contribution in [-0.2, 0) is 16.1 Å². The van der Waals surface area contributed by atoms with Crippen molar-refractivity contribution in [1.82, 2.24) is 4.90 Å². The molecular formula is C18H17ClN2O2. The second-order valence-electron chi connectivity index (χ2n) is 5.71. The fourth-order valence-electron chi connectivity index (χ4n) is 2.59. The summed E-state index contributed by atoms with van der Waals surface area (Å²) in [5, 5.41) is 3.77. The summed E-state index contributed by atoms with van der Waals surface area (Å²) in [6, 6.07) is 14.4. The molecule has 1 saturated heterocycles. The zero-order valence-corrected chi connectivity index (χ0v) is 13.5. The number of carbonyl (C=O) groups is 2. The predicted molar refractivity (Wildman–Crippen MR) is 90.2 cm³/mol. The van der Waals surface area contributed by atoms with E-state index in [1.165, 1.54) is 4.90 Å². The first kappa shape index (κ1) is 15.6. The summed E-state index contributed by atoms with van der Waals surface area (Å²) in [5.41, 5.74) is 2.87. The Kier molecular flexibility index (Phi) is 4.35. The zero-order chi connectivity index (χ0) is 16.4. The van der Waals surface area contributed by atoms with Gasteiger partial charge in [0.15, 0.2) is 0 Å². The molecule has 3 rings (SSSR count). The number of aryl methyl sites for hydroxylation is 1. The lowest BCUT2D eigenvalue weighted by atomic mass is 10.2. The predicted octanol–water partition coefficient (Wildman–Crippen LogP) is 3.39. The van der Waals surface area contributed by atoms with Crippen molar-refractivity contribution in [1.29, 1.82) is 0 Å². The Morgan fingerprint density at radius 3 is 2.39 bits per heavy atom. The van der Waals surface area contributed by atoms with Gasteiger partial charge in [-0.05, 0) is 36.8 Å². The minimum Gasteiger partial charge on any atom is -0.373 e. The Hall–Kier alpha value is -2.33. The summed E-state index contributed by atoms with van der Waals surface area (Å²) in [4.78, 5) is 25.9. The average Bonchev–Trinajstić information content (AvgIpc) is 2.79. The molecule has 1 fully saturated rings. The molecule has 0 saturated carbocycles. The molecule has 0 aliphatic carbocycles. The van der Waals surface area contributed by atoms with Crippen molar-refractivity contribution in [2.45, 2.75) is 25.9 Å². The van der Waals surface area contributed by atoms with Crippen LogP contribution in [0.25, 0.3) is 0 Å². The zero-order valence-electron chi connectivity index (χ0n) is 12.8. The van der Waals surface area contributed by atoms with Gasteiger partial charge in [0.2, 0.25) is 5.91 Å². The summed E-state index contributed by atoms with van der Waals surface area (Å²) >= 11 is 5.85. The van der Waals surface area contributed by atoms with Crippen molar-refractivity contribution in [3.05, 3.63) is 64.7 Å². The average molecular weight is 329 g/mol. The van der Waals surface area contributed by atoms with Crippen LogP contribution in [0.1, 0.15) is 17.5 Å². The number of benzene rings is 2. The van der Waals surface area contributed by atoms with E-state index in [2.05, 4.69) is 5.32 Å². The molecule has 5 heteroatoms. The van der Waals surface area contributed by atoms with Crippen LogP contribution in [0.4, 0.5) is 5.69 Å². The maximum Gasteiger partial charge on any atom is 0.252 e. The molecule has 23 heavy (non-hydrogen) atoms. The van der Waals surface area contributed by atoms with Crippen molar-refractivity contribution >= 4 is 29.1 Å². The molecule has 1 aliphatic rings. The number of anilines is 1. The van der Waals surface area contributed by atoms with Crippen LogP contribution >= 0.6 is 11.6 Å². The first-order valence-electron chi connectivity index (χ1n) is 7.45. The number of carbonyl (C=O) groups excluding carboxylic acids is 2. The minimum absolute atomic E-state index is 0.158. The Labute approximate surface area is 140 Å². The van der Waals surface area contributed by atoms with Crippen LogP contribution in [0.3, 0.4) is 0 Å². The van der Waals surface area contributed by atoms with Crippen LogP contribution in [0.2, 0.25) is 5.02 Å². The van der Waals surface area contributed by atoms with Gasteiger partial charge in [-0.3, -0.25) is 14.5 Å². The van der Waals surface area contributed by atoms with Gasteiger partial charge in [0.05, 0.1) is 13.0 Å². The molecule has 0 unspecified atom stereocenters. The van der Waals surface area contributed by atoms with E-state index in [1.807, 2.05) is 43.3 Å². The van der Waals surface area contributed by atoms with E-state index in [-0.39, 0.29) is 24.8 Å². The van der Waals surface area contributed by atoms with Gasteiger partial charge in [-0.25, -0.2) is 0 Å². The summed E-state index contributed by atoms with van der Waals surface area (Å²) in [7, 11) is 0. The normalized spacial score (nSPS) is 17.7. The van der Waals surface area contributed by atoms with Crippen LogP contribution in [-0.4, -0.2) is 22.8 Å². The van der Waals surface area contributed by atoms with Gasteiger partial charge in [0.25, 0.3) is 5.91 Å². The van der Waals surface area contributed by atoms with E-state index in [0.29, 0.717) is 5.02 Å². The van der Waals surface area contributed by atoms with Crippen LogP contribution in [0, 0.1) is 6.92 Å². The maximum atomic E-state index is 12.5. The molecule has 1 atom stereocenters. The van der Waals surface area contributed by atoms with Gasteiger partial charge in [0, 0.05) is 10.7 Å². The first-order chi connectivity index (χ1) is 11.0. The third-order valence-corrected chi connectivity index (χ3v) is 4.14. The number of nitrogens with zero attached hydrogens (tertiary/aromatic N) is 1. The van der Waals surface area contributed by atoms with E-state index in [0.717, 1.165) is 16.8 Å². The molecular weight excluding hydrogens is 312 g/mol. The van der Waals surface area contributed by atoms with Crippen molar-refractivity contribution in [3.63, 3.8) is 0 Å². The Morgan fingerprint density at radius 2 is 1.74 bits per heavy atom. The Balaban J connectivity index is 1.69. The number of rotatable bonds is 4. The standard InChI is InChI=1S/C18H17ClN2O2/c1-12-2-8-15(9-3-12)20-16-10-17(22)21(18(16)23)11-13-4-6-14(19)7-5-13/h2-9,16,20H,10-11H2,1H3/t16-/m1/s1. The molecule has 0 aromatic heterocycles. The van der Waals surface area contributed by atoms with E-state index in [1.54, 1.807) is 12.1 Å². The SMILES string of the molecule is Cc1ccc(N[C@@H]2CC(=O)N(Cc3ccc(Cl)cc3)C2=O)cc1. The number of hydrogen-bond donors (Lipinski definition) is 1. The van der Waals surface area contributed by atoms with Gasteiger partial charge in [-0.2, -0.15) is 0 Å². The lowest BCUT2D eigenvalue weighted by Crippen LogP contribution is -2.34. The number of amides is 2. The molecule has 2 amide bonds. The van der Waals surface area contributed by atoms with Crippen molar-refractivity contribution in [3.8, 4) is 0 Å². The van der Waals surface area contributed by atoms with Crippen LogP contribution in [0.5, 0.6) is 0 Å². The number of halogens is 1. The van der Waals surface area contributed by atoms with E-state index in [4.69, 9.17) is 11.6 Å². The first-order valence-corrected chi connectivity index (χ1v) is 7.82. The molecule has 0 bridgehead atoms. The highest BCUT2D eigenvalue weighted by molar-refractivity contribution is 6.30. The lowest BCUT2D eigenvalue weighted by molar-refractivity contribution is -0.139. The Morgan fingerprint density at radius 1 is 1.09 bits per heavy atom. The van der Waals surface area contributed by atoms with Gasteiger partial charge >= 0.3 is 0 Å². The largest absolute Gasteiger partial charge is 0.373 e. The van der Waals surface area contributed by atoms with Gasteiger partial charge in [-0.1, -0.05) is 41.4 Å². The minimum atomic E-state index is -0.502. The van der Waals surface area contributed by atoms with Gasteiger partial charge < -0.3 is 5.32 Å².